The maximum Gasteiger partial charge on any atom is 0.471 e. The molecule has 0 saturated heterocycles. The first-order valence-corrected chi connectivity index (χ1v) is 6.10. The molecule has 1 aromatic carbocycles. The van der Waals surface area contributed by atoms with Crippen molar-refractivity contribution in [1.29, 1.82) is 0 Å². The Labute approximate surface area is 109 Å². The Morgan fingerprint density at radius 2 is 2.05 bits per heavy atom. The van der Waals surface area contributed by atoms with Gasteiger partial charge in [-0.25, -0.2) is 0 Å². The second kappa shape index (κ2) is 5.07. The Hall–Kier alpha value is -1.78. The van der Waals surface area contributed by atoms with E-state index in [0.717, 1.165) is 10.5 Å². The van der Waals surface area contributed by atoms with Gasteiger partial charge in [0.05, 0.1) is 6.04 Å². The lowest BCUT2D eigenvalue weighted by Crippen LogP contribution is -2.46. The number of carbonyl (C=O) groups is 1. The molecule has 102 valence electrons. The SMILES string of the molecule is CC[C@@H]1C=CCc2ccccc2N1C(=O)C(F)(F)F. The van der Waals surface area contributed by atoms with Crippen molar-refractivity contribution in [3.05, 3.63) is 42.0 Å². The third-order valence-electron chi connectivity index (χ3n) is 3.16. The van der Waals surface area contributed by atoms with Crippen molar-refractivity contribution in [1.82, 2.24) is 0 Å². The van der Waals surface area contributed by atoms with Crippen LogP contribution in [0, 0.1) is 0 Å². The van der Waals surface area contributed by atoms with Crippen LogP contribution in [0.25, 0.3) is 0 Å². The van der Waals surface area contributed by atoms with Gasteiger partial charge in [-0.1, -0.05) is 37.3 Å². The van der Waals surface area contributed by atoms with Crippen molar-refractivity contribution >= 4 is 11.6 Å². The third-order valence-corrected chi connectivity index (χ3v) is 3.16. The molecule has 0 radical (unpaired) electrons. The third kappa shape index (κ3) is 2.64. The number of hydrogen-bond donors (Lipinski definition) is 0. The van der Waals surface area contributed by atoms with E-state index in [0.29, 0.717) is 18.5 Å². The zero-order valence-electron chi connectivity index (χ0n) is 10.4. The highest BCUT2D eigenvalue weighted by Crippen LogP contribution is 2.31. The fourth-order valence-corrected chi connectivity index (χ4v) is 2.25. The average Bonchev–Trinajstić information content (AvgIpc) is 2.55. The smallest absolute Gasteiger partial charge is 0.297 e. The summed E-state index contributed by atoms with van der Waals surface area (Å²) in [5.41, 5.74) is 1.08. The van der Waals surface area contributed by atoms with Crippen molar-refractivity contribution in [3.8, 4) is 0 Å². The van der Waals surface area contributed by atoms with Gasteiger partial charge in [0.25, 0.3) is 0 Å². The highest BCUT2D eigenvalue weighted by atomic mass is 19.4. The molecular formula is C14H14F3NO. The summed E-state index contributed by atoms with van der Waals surface area (Å²) in [5.74, 6) is -1.81. The van der Waals surface area contributed by atoms with Gasteiger partial charge >= 0.3 is 12.1 Å². The quantitative estimate of drug-likeness (QED) is 0.715. The minimum absolute atomic E-state index is 0.349. The largest absolute Gasteiger partial charge is 0.471 e. The molecule has 0 N–H and O–H groups in total. The van der Waals surface area contributed by atoms with Crippen LogP contribution in [0.15, 0.2) is 36.4 Å². The summed E-state index contributed by atoms with van der Waals surface area (Å²) in [7, 11) is 0. The molecule has 0 fully saturated rings. The summed E-state index contributed by atoms with van der Waals surface area (Å²) >= 11 is 0. The number of benzene rings is 1. The van der Waals surface area contributed by atoms with Crippen molar-refractivity contribution in [2.24, 2.45) is 0 Å². The Morgan fingerprint density at radius 3 is 2.68 bits per heavy atom. The van der Waals surface area contributed by atoms with E-state index >= 15 is 0 Å². The summed E-state index contributed by atoms with van der Waals surface area (Å²) in [5, 5.41) is 0. The molecule has 1 aromatic rings. The number of amides is 1. The molecule has 19 heavy (non-hydrogen) atoms. The van der Waals surface area contributed by atoms with Crippen LogP contribution >= 0.6 is 0 Å². The minimum atomic E-state index is -4.86. The number of hydrogen-bond acceptors (Lipinski definition) is 1. The fraction of sp³-hybridized carbons (Fsp3) is 0.357. The van der Waals surface area contributed by atoms with Gasteiger partial charge < -0.3 is 0 Å². The molecule has 0 unspecified atom stereocenters. The Balaban J connectivity index is 2.52. The van der Waals surface area contributed by atoms with Crippen LogP contribution in [0.5, 0.6) is 0 Å². The molecule has 0 aromatic heterocycles. The van der Waals surface area contributed by atoms with Gasteiger partial charge in [-0.15, -0.1) is 0 Å². The van der Waals surface area contributed by atoms with E-state index in [1.165, 1.54) is 0 Å². The number of nitrogens with zero attached hydrogens (tertiary/aromatic N) is 1. The maximum atomic E-state index is 12.8. The Bertz CT molecular complexity index is 508. The van der Waals surface area contributed by atoms with Gasteiger partial charge in [0.15, 0.2) is 0 Å². The molecule has 1 atom stereocenters. The number of carbonyl (C=O) groups excluding carboxylic acids is 1. The number of alkyl halides is 3. The second-order valence-electron chi connectivity index (χ2n) is 4.41. The van der Waals surface area contributed by atoms with Crippen LogP contribution in [0.3, 0.4) is 0 Å². The molecule has 1 heterocycles. The van der Waals surface area contributed by atoms with E-state index in [9.17, 15) is 18.0 Å². The predicted octanol–water partition coefficient (Wildman–Crippen LogP) is 3.47. The molecule has 0 bridgehead atoms. The molecule has 1 amide bonds. The number of para-hydroxylation sites is 1. The average molecular weight is 269 g/mol. The summed E-state index contributed by atoms with van der Waals surface area (Å²) in [6.07, 6.45) is -0.403. The maximum absolute atomic E-state index is 12.8. The highest BCUT2D eigenvalue weighted by Gasteiger charge is 2.45. The van der Waals surface area contributed by atoms with E-state index in [4.69, 9.17) is 0 Å². The lowest BCUT2D eigenvalue weighted by Gasteiger charge is -2.30. The van der Waals surface area contributed by atoms with Gasteiger partial charge in [0.1, 0.15) is 0 Å². The fourth-order valence-electron chi connectivity index (χ4n) is 2.25. The molecule has 2 nitrogen and oxygen atoms in total. The summed E-state index contributed by atoms with van der Waals surface area (Å²) in [6.45, 7) is 1.76. The van der Waals surface area contributed by atoms with Crippen LogP contribution in [0.1, 0.15) is 18.9 Å². The minimum Gasteiger partial charge on any atom is -0.297 e. The zero-order chi connectivity index (χ0) is 14.0. The van der Waals surface area contributed by atoms with Crippen molar-refractivity contribution in [2.75, 3.05) is 4.90 Å². The van der Waals surface area contributed by atoms with Crippen LogP contribution in [0.2, 0.25) is 0 Å². The van der Waals surface area contributed by atoms with Crippen LogP contribution in [0.4, 0.5) is 18.9 Å². The topological polar surface area (TPSA) is 20.3 Å². The lowest BCUT2D eigenvalue weighted by molar-refractivity contribution is -0.170. The first kappa shape index (κ1) is 13.6. The second-order valence-corrected chi connectivity index (χ2v) is 4.41. The van der Waals surface area contributed by atoms with Crippen molar-refractivity contribution < 1.29 is 18.0 Å². The number of rotatable bonds is 1. The van der Waals surface area contributed by atoms with Gasteiger partial charge in [0, 0.05) is 5.69 Å². The highest BCUT2D eigenvalue weighted by molar-refractivity contribution is 5.99. The number of anilines is 1. The first-order chi connectivity index (χ1) is 8.95. The molecule has 1 aliphatic rings. The number of halogens is 3. The Morgan fingerprint density at radius 1 is 1.37 bits per heavy atom. The van der Waals surface area contributed by atoms with E-state index < -0.39 is 18.1 Å². The molecule has 2 rings (SSSR count). The number of allylic oxidation sites excluding steroid dienone is 1. The predicted molar refractivity (Wildman–Crippen MR) is 66.9 cm³/mol. The zero-order valence-corrected chi connectivity index (χ0v) is 10.4. The lowest BCUT2D eigenvalue weighted by atomic mass is 10.1. The molecule has 5 heteroatoms. The summed E-state index contributed by atoms with van der Waals surface area (Å²) < 4.78 is 38.3. The first-order valence-electron chi connectivity index (χ1n) is 6.10. The van der Waals surface area contributed by atoms with Gasteiger partial charge in [-0.3, -0.25) is 9.69 Å². The summed E-state index contributed by atoms with van der Waals surface area (Å²) in [6, 6.07) is 6.16. The van der Waals surface area contributed by atoms with Crippen LogP contribution in [-0.2, 0) is 11.2 Å². The summed E-state index contributed by atoms with van der Waals surface area (Å²) in [4.78, 5) is 12.5. The normalized spacial score (nSPS) is 18.9. The van der Waals surface area contributed by atoms with Crippen molar-refractivity contribution in [2.45, 2.75) is 32.0 Å². The molecule has 0 saturated carbocycles. The van der Waals surface area contributed by atoms with Crippen LogP contribution < -0.4 is 4.90 Å². The van der Waals surface area contributed by atoms with E-state index in [2.05, 4.69) is 0 Å². The van der Waals surface area contributed by atoms with Crippen LogP contribution in [-0.4, -0.2) is 18.1 Å². The molecule has 0 spiro atoms. The van der Waals surface area contributed by atoms with E-state index in [1.807, 2.05) is 6.08 Å². The molecule has 0 aliphatic carbocycles. The standard InChI is InChI=1S/C14H14F3NO/c1-2-11-8-5-7-10-6-3-4-9-12(10)18(11)13(19)14(15,16)17/h3-6,8-9,11H,2,7H2,1H3/t11-/m1/s1. The number of fused-ring (bicyclic) bond motifs is 1. The van der Waals surface area contributed by atoms with Crippen molar-refractivity contribution in [3.63, 3.8) is 0 Å². The van der Waals surface area contributed by atoms with Gasteiger partial charge in [0.2, 0.25) is 0 Å². The molecule has 1 aliphatic heterocycles. The van der Waals surface area contributed by atoms with Gasteiger partial charge in [-0.05, 0) is 24.5 Å². The van der Waals surface area contributed by atoms with E-state index in [1.54, 1.807) is 37.3 Å². The van der Waals surface area contributed by atoms with E-state index in [-0.39, 0.29) is 0 Å². The molecular weight excluding hydrogens is 255 g/mol. The monoisotopic (exact) mass is 269 g/mol. The van der Waals surface area contributed by atoms with Gasteiger partial charge in [-0.2, -0.15) is 13.2 Å². The Kier molecular flexibility index (Phi) is 3.64.